The minimum absolute atomic E-state index is 0.0519. The number of carbonyl (C=O) groups is 2. The Morgan fingerprint density at radius 2 is 2.31 bits per heavy atom. The Kier molecular flexibility index (Phi) is 4.61. The van der Waals surface area contributed by atoms with Crippen LogP contribution in [0, 0.1) is 0 Å². The van der Waals surface area contributed by atoms with E-state index in [-0.39, 0.29) is 13.0 Å². The predicted molar refractivity (Wildman–Crippen MR) is 55.2 cm³/mol. The van der Waals surface area contributed by atoms with E-state index in [1.807, 2.05) is 0 Å². The van der Waals surface area contributed by atoms with Gasteiger partial charge < -0.3 is 15.5 Å². The number of carboxylic acids is 1. The third-order valence-corrected chi connectivity index (χ3v) is 2.20. The molecule has 1 rings (SSSR count). The third-order valence-electron chi connectivity index (χ3n) is 1.62. The van der Waals surface area contributed by atoms with E-state index >= 15 is 0 Å². The van der Waals surface area contributed by atoms with Crippen LogP contribution >= 0.6 is 11.5 Å². The van der Waals surface area contributed by atoms with Gasteiger partial charge in [0, 0.05) is 24.6 Å². The summed E-state index contributed by atoms with van der Waals surface area (Å²) in [6.07, 6.45) is 1.29. The lowest BCUT2D eigenvalue weighted by molar-refractivity contribution is -0.139. The minimum Gasteiger partial charge on any atom is -0.480 e. The average Bonchev–Trinajstić information content (AvgIpc) is 2.69. The summed E-state index contributed by atoms with van der Waals surface area (Å²) in [5.41, 5.74) is 0. The Bertz CT molecular complexity index is 355. The molecule has 1 unspecified atom stereocenters. The Morgan fingerprint density at radius 1 is 1.56 bits per heavy atom. The molecule has 1 aromatic rings. The normalized spacial score (nSPS) is 11.8. The first-order valence-corrected chi connectivity index (χ1v) is 5.09. The van der Waals surface area contributed by atoms with Crippen LogP contribution in [0.5, 0.6) is 0 Å². The molecule has 2 amide bonds. The van der Waals surface area contributed by atoms with E-state index in [9.17, 15) is 9.59 Å². The van der Waals surface area contributed by atoms with Gasteiger partial charge in [-0.3, -0.25) is 5.32 Å². The maximum Gasteiger partial charge on any atom is 0.326 e. The van der Waals surface area contributed by atoms with Crippen molar-refractivity contribution in [1.82, 2.24) is 14.9 Å². The fraction of sp³-hybridized carbons (Fsp3) is 0.429. The lowest BCUT2D eigenvalue weighted by atomic mass is 10.2. The summed E-state index contributed by atoms with van der Waals surface area (Å²) >= 11 is 0.970. The number of amides is 2. The maximum absolute atomic E-state index is 11.3. The van der Waals surface area contributed by atoms with Gasteiger partial charge in [0.1, 0.15) is 11.0 Å². The van der Waals surface area contributed by atoms with E-state index in [4.69, 9.17) is 10.2 Å². The molecule has 9 heteroatoms. The van der Waals surface area contributed by atoms with Crippen LogP contribution < -0.4 is 10.6 Å². The fourth-order valence-corrected chi connectivity index (χ4v) is 1.33. The molecule has 0 aliphatic rings. The monoisotopic (exact) mass is 246 g/mol. The van der Waals surface area contributed by atoms with Gasteiger partial charge in [-0.2, -0.15) is 0 Å². The first-order chi connectivity index (χ1) is 7.63. The quantitative estimate of drug-likeness (QED) is 0.555. The molecule has 8 nitrogen and oxygen atoms in total. The van der Waals surface area contributed by atoms with E-state index in [1.165, 1.54) is 6.20 Å². The number of aliphatic hydroxyl groups excluding tert-OH is 1. The summed E-state index contributed by atoms with van der Waals surface area (Å²) in [5.74, 6) is -1.20. The number of rotatable bonds is 5. The molecule has 0 bridgehead atoms. The van der Waals surface area contributed by atoms with Gasteiger partial charge in [0.15, 0.2) is 0 Å². The summed E-state index contributed by atoms with van der Waals surface area (Å²) in [5, 5.41) is 25.8. The van der Waals surface area contributed by atoms with Gasteiger partial charge in [-0.1, -0.05) is 4.49 Å². The highest BCUT2D eigenvalue weighted by atomic mass is 32.1. The molecule has 16 heavy (non-hydrogen) atoms. The second-order valence-electron chi connectivity index (χ2n) is 2.78. The highest BCUT2D eigenvalue weighted by Gasteiger charge is 2.19. The maximum atomic E-state index is 11.3. The van der Waals surface area contributed by atoms with Crippen LogP contribution in [0.1, 0.15) is 6.42 Å². The molecule has 88 valence electrons. The number of hydrogen-bond donors (Lipinski definition) is 4. The Hall–Kier alpha value is -1.74. The number of nitrogens with zero attached hydrogens (tertiary/aromatic N) is 2. The van der Waals surface area contributed by atoms with Crippen LogP contribution in [-0.4, -0.2) is 44.4 Å². The van der Waals surface area contributed by atoms with Crippen LogP contribution in [0.2, 0.25) is 0 Å². The van der Waals surface area contributed by atoms with Crippen molar-refractivity contribution in [3.8, 4) is 0 Å². The number of urea groups is 1. The molecule has 0 radical (unpaired) electrons. The van der Waals surface area contributed by atoms with Crippen molar-refractivity contribution in [2.24, 2.45) is 0 Å². The van der Waals surface area contributed by atoms with Crippen LogP contribution in [0.25, 0.3) is 0 Å². The second kappa shape index (κ2) is 5.98. The van der Waals surface area contributed by atoms with Crippen LogP contribution in [0.15, 0.2) is 6.20 Å². The van der Waals surface area contributed by atoms with E-state index in [1.54, 1.807) is 0 Å². The number of carboxylic acid groups (broad SMARTS) is 1. The lowest BCUT2D eigenvalue weighted by Gasteiger charge is -2.12. The van der Waals surface area contributed by atoms with Crippen molar-refractivity contribution >= 4 is 28.5 Å². The molecule has 1 heterocycles. The summed E-state index contributed by atoms with van der Waals surface area (Å²) in [6.45, 7) is -0.320. The zero-order valence-electron chi connectivity index (χ0n) is 8.08. The van der Waals surface area contributed by atoms with Crippen molar-refractivity contribution < 1.29 is 19.8 Å². The third kappa shape index (κ3) is 3.79. The smallest absolute Gasteiger partial charge is 0.326 e. The zero-order chi connectivity index (χ0) is 12.0. The number of aromatic nitrogens is 2. The van der Waals surface area contributed by atoms with Crippen molar-refractivity contribution in [3.63, 3.8) is 0 Å². The molecule has 4 N–H and O–H groups in total. The van der Waals surface area contributed by atoms with Gasteiger partial charge in [-0.25, -0.2) is 9.59 Å². The van der Waals surface area contributed by atoms with Gasteiger partial charge in [0.2, 0.25) is 0 Å². The predicted octanol–water partition coefficient (Wildman–Crippen LogP) is -0.505. The number of aliphatic carboxylic acids is 1. The molecular weight excluding hydrogens is 236 g/mol. The van der Waals surface area contributed by atoms with E-state index in [0.717, 1.165) is 11.5 Å². The second-order valence-corrected chi connectivity index (χ2v) is 3.57. The first kappa shape index (κ1) is 12.3. The number of anilines is 1. The Labute approximate surface area is 94.5 Å². The molecule has 0 aliphatic carbocycles. The summed E-state index contributed by atoms with van der Waals surface area (Å²) in [7, 11) is 0. The van der Waals surface area contributed by atoms with Gasteiger partial charge in [0.25, 0.3) is 0 Å². The zero-order valence-corrected chi connectivity index (χ0v) is 8.90. The van der Waals surface area contributed by atoms with Crippen molar-refractivity contribution in [2.75, 3.05) is 11.9 Å². The highest BCUT2D eigenvalue weighted by Crippen LogP contribution is 2.08. The SMILES string of the molecule is O=C(Nc1cnns1)NC(CCO)C(=O)O. The minimum atomic E-state index is -1.20. The highest BCUT2D eigenvalue weighted by molar-refractivity contribution is 7.10. The van der Waals surface area contributed by atoms with Crippen LogP contribution in [0.4, 0.5) is 9.80 Å². The molecule has 0 saturated heterocycles. The van der Waals surface area contributed by atoms with Gasteiger partial charge in [-0.15, -0.1) is 5.10 Å². The van der Waals surface area contributed by atoms with Crippen LogP contribution in [-0.2, 0) is 4.79 Å². The average molecular weight is 246 g/mol. The topological polar surface area (TPSA) is 124 Å². The van der Waals surface area contributed by atoms with Crippen molar-refractivity contribution in [3.05, 3.63) is 6.20 Å². The first-order valence-electron chi connectivity index (χ1n) is 4.32. The molecule has 1 atom stereocenters. The molecular formula is C7H10N4O4S. The summed E-state index contributed by atoms with van der Waals surface area (Å²) < 4.78 is 3.52. The molecule has 0 aromatic carbocycles. The number of nitrogens with one attached hydrogen (secondary N) is 2. The Morgan fingerprint density at radius 3 is 2.81 bits per heavy atom. The Balaban J connectivity index is 2.45. The summed E-state index contributed by atoms with van der Waals surface area (Å²) in [6, 6.07) is -1.79. The van der Waals surface area contributed by atoms with Crippen LogP contribution in [0.3, 0.4) is 0 Å². The van der Waals surface area contributed by atoms with Gasteiger partial charge >= 0.3 is 12.0 Å². The fourth-order valence-electron chi connectivity index (χ4n) is 0.915. The standard InChI is InChI=1S/C7H10N4O4S/c12-2-1-4(6(13)14)9-7(15)10-5-3-8-11-16-5/h3-4,12H,1-2H2,(H,13,14)(H2,9,10,15). The number of aliphatic hydroxyl groups is 1. The van der Waals surface area contributed by atoms with Crippen molar-refractivity contribution in [1.29, 1.82) is 0 Å². The molecule has 1 aromatic heterocycles. The van der Waals surface area contributed by atoms with Crippen molar-refractivity contribution in [2.45, 2.75) is 12.5 Å². The molecule has 0 saturated carbocycles. The number of carbonyl (C=O) groups excluding carboxylic acids is 1. The summed E-state index contributed by atoms with van der Waals surface area (Å²) in [4.78, 5) is 21.9. The molecule has 0 fully saturated rings. The van der Waals surface area contributed by atoms with Gasteiger partial charge in [0.05, 0.1) is 6.20 Å². The molecule has 0 aliphatic heterocycles. The van der Waals surface area contributed by atoms with E-state index in [0.29, 0.717) is 5.00 Å². The lowest BCUT2D eigenvalue weighted by Crippen LogP contribution is -2.43. The largest absolute Gasteiger partial charge is 0.480 e. The van der Waals surface area contributed by atoms with E-state index < -0.39 is 18.0 Å². The number of hydrogen-bond acceptors (Lipinski definition) is 6. The van der Waals surface area contributed by atoms with Gasteiger partial charge in [-0.05, 0) is 0 Å². The van der Waals surface area contributed by atoms with E-state index in [2.05, 4.69) is 20.2 Å². The molecule has 0 spiro atoms.